The molecule has 2 aromatic heterocycles. The number of hydrogen-bond donors (Lipinski definition) is 2. The summed E-state index contributed by atoms with van der Waals surface area (Å²) in [5.41, 5.74) is 5.11. The first-order valence-corrected chi connectivity index (χ1v) is 5.63. The van der Waals surface area contributed by atoms with E-state index in [-0.39, 0.29) is 6.04 Å². The van der Waals surface area contributed by atoms with Crippen LogP contribution in [0.4, 0.5) is 0 Å². The Morgan fingerprint density at radius 3 is 2.53 bits per heavy atom. The number of rotatable bonds is 5. The molecule has 1 unspecified atom stereocenters. The van der Waals surface area contributed by atoms with E-state index in [1.807, 2.05) is 30.3 Å². The summed E-state index contributed by atoms with van der Waals surface area (Å²) in [7, 11) is 0. The third kappa shape index (κ3) is 3.62. The van der Waals surface area contributed by atoms with Crippen molar-refractivity contribution in [3.05, 3.63) is 60.2 Å². The van der Waals surface area contributed by atoms with E-state index in [0.717, 1.165) is 18.5 Å². The average Bonchev–Trinajstić information content (AvgIpc) is 2.40. The summed E-state index contributed by atoms with van der Waals surface area (Å²) >= 11 is 0. The highest BCUT2D eigenvalue weighted by molar-refractivity contribution is 5.13. The predicted octanol–water partition coefficient (Wildman–Crippen LogP) is 1.09. The van der Waals surface area contributed by atoms with Gasteiger partial charge in [-0.2, -0.15) is 0 Å². The Bertz CT molecular complexity index is 388. The van der Waals surface area contributed by atoms with Crippen LogP contribution in [0, 0.1) is 0 Å². The summed E-state index contributed by atoms with van der Waals surface area (Å²) < 4.78 is 0. The van der Waals surface area contributed by atoms with Crippen LogP contribution in [-0.4, -0.2) is 16.0 Å². The van der Waals surface area contributed by atoms with Gasteiger partial charge >= 0.3 is 0 Å². The topological polar surface area (TPSA) is 63.8 Å². The second-order valence-electron chi connectivity index (χ2n) is 3.95. The van der Waals surface area contributed by atoms with Gasteiger partial charge in [-0.3, -0.25) is 21.2 Å². The molecule has 0 bridgehead atoms. The van der Waals surface area contributed by atoms with Crippen LogP contribution < -0.4 is 11.3 Å². The summed E-state index contributed by atoms with van der Waals surface area (Å²) in [4.78, 5) is 8.30. The fourth-order valence-corrected chi connectivity index (χ4v) is 1.76. The Morgan fingerprint density at radius 1 is 1.06 bits per heavy atom. The second-order valence-corrected chi connectivity index (χ2v) is 3.95. The first-order valence-electron chi connectivity index (χ1n) is 5.63. The quantitative estimate of drug-likeness (QED) is 0.594. The van der Waals surface area contributed by atoms with Gasteiger partial charge in [0, 0.05) is 36.7 Å². The van der Waals surface area contributed by atoms with E-state index in [1.54, 1.807) is 18.6 Å². The SMILES string of the molecule is NNC(Cc1ccncc1)Cc1ccccn1. The average molecular weight is 228 g/mol. The molecule has 4 heteroatoms. The third-order valence-electron chi connectivity index (χ3n) is 2.65. The largest absolute Gasteiger partial charge is 0.271 e. The van der Waals surface area contributed by atoms with Crippen LogP contribution in [0.3, 0.4) is 0 Å². The zero-order valence-corrected chi connectivity index (χ0v) is 9.58. The maximum absolute atomic E-state index is 5.58. The zero-order valence-electron chi connectivity index (χ0n) is 9.58. The molecule has 2 heterocycles. The lowest BCUT2D eigenvalue weighted by atomic mass is 10.0. The number of hydrogen-bond acceptors (Lipinski definition) is 4. The maximum Gasteiger partial charge on any atom is 0.0419 e. The lowest BCUT2D eigenvalue weighted by Gasteiger charge is -2.15. The summed E-state index contributed by atoms with van der Waals surface area (Å²) in [5, 5.41) is 0. The van der Waals surface area contributed by atoms with Crippen molar-refractivity contribution in [2.24, 2.45) is 5.84 Å². The Balaban J connectivity index is 1.98. The highest BCUT2D eigenvalue weighted by atomic mass is 15.2. The van der Waals surface area contributed by atoms with Crippen LogP contribution in [0.5, 0.6) is 0 Å². The van der Waals surface area contributed by atoms with E-state index in [4.69, 9.17) is 5.84 Å². The molecule has 0 saturated carbocycles. The van der Waals surface area contributed by atoms with E-state index in [2.05, 4.69) is 15.4 Å². The molecule has 4 nitrogen and oxygen atoms in total. The van der Waals surface area contributed by atoms with Crippen molar-refractivity contribution in [1.29, 1.82) is 0 Å². The molecule has 0 aromatic carbocycles. The normalized spacial score (nSPS) is 12.3. The molecule has 0 aliphatic heterocycles. The number of hydrazine groups is 1. The highest BCUT2D eigenvalue weighted by Gasteiger charge is 2.09. The lowest BCUT2D eigenvalue weighted by molar-refractivity contribution is 0.517. The van der Waals surface area contributed by atoms with Crippen molar-refractivity contribution in [1.82, 2.24) is 15.4 Å². The van der Waals surface area contributed by atoms with Crippen LogP contribution in [0.2, 0.25) is 0 Å². The molecule has 0 radical (unpaired) electrons. The van der Waals surface area contributed by atoms with Crippen molar-refractivity contribution >= 4 is 0 Å². The Hall–Kier alpha value is -1.78. The molecular formula is C13H16N4. The summed E-state index contributed by atoms with van der Waals surface area (Å²) in [6.07, 6.45) is 7.08. The molecule has 0 amide bonds. The zero-order chi connectivity index (χ0) is 11.9. The Kier molecular flexibility index (Phi) is 4.18. The van der Waals surface area contributed by atoms with Gasteiger partial charge in [0.2, 0.25) is 0 Å². The van der Waals surface area contributed by atoms with E-state index in [9.17, 15) is 0 Å². The number of nitrogens with one attached hydrogen (secondary N) is 1. The molecule has 0 fully saturated rings. The molecule has 0 aliphatic rings. The number of nitrogens with zero attached hydrogens (tertiary/aromatic N) is 2. The van der Waals surface area contributed by atoms with Crippen molar-refractivity contribution < 1.29 is 0 Å². The summed E-state index contributed by atoms with van der Waals surface area (Å²) in [6, 6.07) is 10.1. The fraction of sp³-hybridized carbons (Fsp3) is 0.231. The van der Waals surface area contributed by atoms with Crippen molar-refractivity contribution in [3.63, 3.8) is 0 Å². The maximum atomic E-state index is 5.58. The minimum Gasteiger partial charge on any atom is -0.271 e. The summed E-state index contributed by atoms with van der Waals surface area (Å²) in [6.45, 7) is 0. The van der Waals surface area contributed by atoms with Crippen LogP contribution in [0.1, 0.15) is 11.3 Å². The van der Waals surface area contributed by atoms with Crippen molar-refractivity contribution in [3.8, 4) is 0 Å². The van der Waals surface area contributed by atoms with Crippen LogP contribution in [-0.2, 0) is 12.8 Å². The van der Waals surface area contributed by atoms with Crippen LogP contribution in [0.15, 0.2) is 48.9 Å². The number of pyridine rings is 2. The van der Waals surface area contributed by atoms with Crippen molar-refractivity contribution in [2.75, 3.05) is 0 Å². The minimum atomic E-state index is 0.187. The molecule has 2 aromatic rings. The standard InChI is InChI=1S/C13H16N4/c14-17-13(9-11-4-7-15-8-5-11)10-12-3-1-2-6-16-12/h1-8,13,17H,9-10,14H2. The molecule has 0 spiro atoms. The molecule has 88 valence electrons. The first-order chi connectivity index (χ1) is 8.38. The van der Waals surface area contributed by atoms with Crippen molar-refractivity contribution in [2.45, 2.75) is 18.9 Å². The highest BCUT2D eigenvalue weighted by Crippen LogP contribution is 2.06. The number of nitrogens with two attached hydrogens (primary N) is 1. The predicted molar refractivity (Wildman–Crippen MR) is 67.0 cm³/mol. The smallest absolute Gasteiger partial charge is 0.0419 e. The molecule has 0 aliphatic carbocycles. The van der Waals surface area contributed by atoms with Gasteiger partial charge in [-0.05, 0) is 36.2 Å². The molecule has 1 atom stereocenters. The van der Waals surface area contributed by atoms with Gasteiger partial charge in [0.25, 0.3) is 0 Å². The fourth-order valence-electron chi connectivity index (χ4n) is 1.76. The monoisotopic (exact) mass is 228 g/mol. The third-order valence-corrected chi connectivity index (χ3v) is 2.65. The first kappa shape index (κ1) is 11.7. The van der Waals surface area contributed by atoms with E-state index in [1.165, 1.54) is 5.56 Å². The van der Waals surface area contributed by atoms with E-state index < -0.39 is 0 Å². The Morgan fingerprint density at radius 2 is 1.88 bits per heavy atom. The van der Waals surface area contributed by atoms with Gasteiger partial charge in [0.05, 0.1) is 0 Å². The van der Waals surface area contributed by atoms with Crippen LogP contribution in [0.25, 0.3) is 0 Å². The van der Waals surface area contributed by atoms with Gasteiger partial charge in [-0.15, -0.1) is 0 Å². The van der Waals surface area contributed by atoms with E-state index in [0.29, 0.717) is 0 Å². The molecule has 3 N–H and O–H groups in total. The molecule has 17 heavy (non-hydrogen) atoms. The molecule has 0 saturated heterocycles. The minimum absolute atomic E-state index is 0.187. The number of aromatic nitrogens is 2. The second kappa shape index (κ2) is 6.08. The van der Waals surface area contributed by atoms with Gasteiger partial charge < -0.3 is 0 Å². The Labute approximate surface area is 101 Å². The molecular weight excluding hydrogens is 212 g/mol. The summed E-state index contributed by atoms with van der Waals surface area (Å²) in [5.74, 6) is 5.58. The van der Waals surface area contributed by atoms with Crippen LogP contribution >= 0.6 is 0 Å². The lowest BCUT2D eigenvalue weighted by Crippen LogP contribution is -2.38. The van der Waals surface area contributed by atoms with E-state index >= 15 is 0 Å². The molecule has 2 rings (SSSR count). The van der Waals surface area contributed by atoms with Gasteiger partial charge in [0.15, 0.2) is 0 Å². The van der Waals surface area contributed by atoms with Gasteiger partial charge in [0.1, 0.15) is 0 Å². The van der Waals surface area contributed by atoms with Gasteiger partial charge in [-0.25, -0.2) is 0 Å². The van der Waals surface area contributed by atoms with Gasteiger partial charge in [-0.1, -0.05) is 6.07 Å².